The van der Waals surface area contributed by atoms with Gasteiger partial charge >= 0.3 is 25.7 Å². The van der Waals surface area contributed by atoms with Crippen molar-refractivity contribution in [2.75, 3.05) is 19.8 Å². The Morgan fingerprint density at radius 1 is 0.533 bits per heavy atom. The molecule has 0 spiro atoms. The maximum atomic E-state index is 12.6. The highest BCUT2D eigenvalue weighted by Crippen LogP contribution is 2.43. The lowest BCUT2D eigenvalue weighted by atomic mass is 10.1. The second-order valence-corrected chi connectivity index (χ2v) is 14.9. The first-order valence-corrected chi connectivity index (χ1v) is 22.8. The quantitative estimate of drug-likeness (QED) is 0.0178. The van der Waals surface area contributed by atoms with Gasteiger partial charge in [0.2, 0.25) is 0 Å². The van der Waals surface area contributed by atoms with Gasteiger partial charge in [-0.25, -0.2) is 4.57 Å². The number of carboxylic acid groups (broad SMARTS) is 1. The van der Waals surface area contributed by atoms with Gasteiger partial charge < -0.3 is 25.2 Å². The lowest BCUT2D eigenvalue weighted by molar-refractivity contribution is -0.161. The van der Waals surface area contributed by atoms with E-state index in [1.165, 1.54) is 0 Å². The highest BCUT2D eigenvalue weighted by atomic mass is 31.2. The van der Waals surface area contributed by atoms with Crippen LogP contribution in [0.25, 0.3) is 0 Å². The van der Waals surface area contributed by atoms with Crippen LogP contribution in [0.5, 0.6) is 0 Å². The zero-order chi connectivity index (χ0) is 44.2. The molecule has 0 heterocycles. The number of phosphoric ester groups is 1. The van der Waals surface area contributed by atoms with E-state index >= 15 is 0 Å². The second kappa shape index (κ2) is 41.4. The van der Waals surface area contributed by atoms with Crippen LogP contribution in [0.2, 0.25) is 0 Å². The van der Waals surface area contributed by atoms with Gasteiger partial charge in [-0.2, -0.15) is 0 Å². The molecule has 4 N–H and O–H groups in total. The molecule has 0 aliphatic carbocycles. The van der Waals surface area contributed by atoms with Crippen molar-refractivity contribution in [3.05, 3.63) is 134 Å². The van der Waals surface area contributed by atoms with Crippen molar-refractivity contribution in [2.45, 2.75) is 129 Å². The van der Waals surface area contributed by atoms with Gasteiger partial charge in [0.25, 0.3) is 0 Å². The van der Waals surface area contributed by atoms with Crippen molar-refractivity contribution in [3.8, 4) is 0 Å². The normalized spacial score (nSPS) is 15.0. The van der Waals surface area contributed by atoms with Gasteiger partial charge in [-0.15, -0.1) is 0 Å². The van der Waals surface area contributed by atoms with Gasteiger partial charge in [0.05, 0.1) is 13.2 Å². The number of esters is 2. The van der Waals surface area contributed by atoms with E-state index in [0.29, 0.717) is 19.3 Å². The predicted molar refractivity (Wildman–Crippen MR) is 244 cm³/mol. The molecule has 0 aromatic heterocycles. The van der Waals surface area contributed by atoms with Gasteiger partial charge in [0, 0.05) is 12.8 Å². The van der Waals surface area contributed by atoms with E-state index in [-0.39, 0.29) is 12.8 Å². The highest BCUT2D eigenvalue weighted by Gasteiger charge is 2.28. The van der Waals surface area contributed by atoms with Crippen molar-refractivity contribution in [1.82, 2.24) is 0 Å². The van der Waals surface area contributed by atoms with E-state index in [9.17, 15) is 23.8 Å². The number of rotatable bonds is 37. The Balaban J connectivity index is 4.53. The van der Waals surface area contributed by atoms with Crippen LogP contribution in [0.4, 0.5) is 0 Å². The lowest BCUT2D eigenvalue weighted by Gasteiger charge is -2.20. The largest absolute Gasteiger partial charge is 0.480 e. The summed E-state index contributed by atoms with van der Waals surface area (Å²) in [6.45, 7) is 2.40. The first-order valence-electron chi connectivity index (χ1n) is 21.3. The highest BCUT2D eigenvalue weighted by molar-refractivity contribution is 7.47. The van der Waals surface area contributed by atoms with Crippen LogP contribution in [0, 0.1) is 0 Å². The summed E-state index contributed by atoms with van der Waals surface area (Å²) in [5, 5.41) is 8.88. The molecule has 0 saturated carbocycles. The number of nitrogens with two attached hydrogens (primary N) is 1. The third-order valence-corrected chi connectivity index (χ3v) is 8.94. The average Bonchev–Trinajstić information content (AvgIpc) is 3.22. The Bertz CT molecular complexity index is 1520. The molecule has 0 bridgehead atoms. The minimum absolute atomic E-state index is 0.0930. The number of ether oxygens (including phenoxy) is 2. The molecule has 11 nitrogen and oxygen atoms in total. The standard InChI is InChI=1S/C48H72NO10P/c1-3-5-7-9-11-13-15-17-18-19-20-21-22-23-24-25-26-28-29-31-33-35-37-39-46(50)56-41-44(42-57-60(54,55)58-43-45(49)48(52)53)59-47(51)40-38-36-34-32-30-27-16-14-12-10-8-6-4-2/h5-8,10-14,16-18,20-21,23-24,26-28,30-31,33,44-45H,3-4,9,15,19,22,25,29,32,34-43,49H2,1-2H3,(H,52,53)(H,54,55)/b7-5+,8-6+,12-10+,13-11+,16-14+,18-17+,21-20+,24-23+,28-26+,30-27+,33-31+/t44?,45-/m0/s1. The fraction of sp³-hybridized carbons (Fsp3) is 0.479. The second-order valence-electron chi connectivity index (χ2n) is 13.4. The van der Waals surface area contributed by atoms with Crippen LogP contribution in [0.1, 0.15) is 117 Å². The lowest BCUT2D eigenvalue weighted by Crippen LogP contribution is -2.34. The van der Waals surface area contributed by atoms with Gasteiger partial charge in [-0.05, 0) is 83.5 Å². The summed E-state index contributed by atoms with van der Waals surface area (Å²) < 4.78 is 32.5. The van der Waals surface area contributed by atoms with Gasteiger partial charge in [-0.3, -0.25) is 23.4 Å². The van der Waals surface area contributed by atoms with Crippen LogP contribution in [-0.4, -0.2) is 59.9 Å². The van der Waals surface area contributed by atoms with Crippen LogP contribution >= 0.6 is 7.82 Å². The number of carboxylic acids is 1. The molecule has 0 aliphatic heterocycles. The van der Waals surface area contributed by atoms with Crippen LogP contribution in [-0.2, 0) is 37.5 Å². The number of hydrogen-bond acceptors (Lipinski definition) is 9. The molecule has 334 valence electrons. The van der Waals surface area contributed by atoms with Crippen LogP contribution < -0.4 is 5.73 Å². The number of allylic oxidation sites excluding steroid dienone is 22. The average molecular weight is 854 g/mol. The number of carbonyl (C=O) groups is 3. The predicted octanol–water partition coefficient (Wildman–Crippen LogP) is 11.4. The molecule has 0 aromatic carbocycles. The molecular formula is C48H72NO10P. The fourth-order valence-corrected chi connectivity index (χ4v) is 5.49. The summed E-state index contributed by atoms with van der Waals surface area (Å²) in [5.41, 5.74) is 5.32. The number of phosphoric acid groups is 1. The molecule has 0 aliphatic rings. The van der Waals surface area contributed by atoms with E-state index in [0.717, 1.165) is 70.6 Å². The smallest absolute Gasteiger partial charge is 0.472 e. The van der Waals surface area contributed by atoms with Crippen molar-refractivity contribution in [3.63, 3.8) is 0 Å². The molecule has 2 unspecified atom stereocenters. The first kappa shape index (κ1) is 55.6. The minimum Gasteiger partial charge on any atom is -0.480 e. The third-order valence-electron chi connectivity index (χ3n) is 7.99. The molecule has 60 heavy (non-hydrogen) atoms. The number of hydrogen-bond donors (Lipinski definition) is 3. The molecule has 0 aromatic rings. The van der Waals surface area contributed by atoms with Gasteiger partial charge in [0.1, 0.15) is 12.6 Å². The van der Waals surface area contributed by atoms with Gasteiger partial charge in [0.15, 0.2) is 6.10 Å². The fourth-order valence-electron chi connectivity index (χ4n) is 4.71. The summed E-state index contributed by atoms with van der Waals surface area (Å²) in [7, 11) is -4.75. The Morgan fingerprint density at radius 2 is 0.983 bits per heavy atom. The summed E-state index contributed by atoms with van der Waals surface area (Å²) in [4.78, 5) is 45.9. The van der Waals surface area contributed by atoms with E-state index in [4.69, 9.17) is 24.8 Å². The van der Waals surface area contributed by atoms with E-state index in [1.54, 1.807) is 0 Å². The monoisotopic (exact) mass is 853 g/mol. The number of carbonyl (C=O) groups excluding carboxylic acids is 2. The number of unbranched alkanes of at least 4 members (excludes halogenated alkanes) is 4. The summed E-state index contributed by atoms with van der Waals surface area (Å²) >= 11 is 0. The van der Waals surface area contributed by atoms with E-state index in [2.05, 4.69) is 103 Å². The zero-order valence-electron chi connectivity index (χ0n) is 36.0. The Hall–Kier alpha value is -4.38. The first-order chi connectivity index (χ1) is 29.1. The maximum Gasteiger partial charge on any atom is 0.472 e. The summed E-state index contributed by atoms with van der Waals surface area (Å²) in [6.07, 6.45) is 56.8. The Labute approximate surface area is 360 Å². The van der Waals surface area contributed by atoms with Gasteiger partial charge in [-0.1, -0.05) is 154 Å². The van der Waals surface area contributed by atoms with Crippen LogP contribution in [0.15, 0.2) is 134 Å². The molecule has 0 fully saturated rings. The number of aliphatic carboxylic acids is 1. The SMILES string of the molecule is CC/C=C/C=C/C=C/C=C/CCCCCC(=O)OC(COC(=O)CCC/C=C/C/C=C/C/C=C/C/C=C/C/C=C/C/C=C/C/C=C/CC)COP(=O)(O)OC[C@H](N)C(=O)O. The summed E-state index contributed by atoms with van der Waals surface area (Å²) in [5.74, 6) is -2.53. The zero-order valence-corrected chi connectivity index (χ0v) is 36.9. The Morgan fingerprint density at radius 3 is 1.52 bits per heavy atom. The molecule has 12 heteroatoms. The van der Waals surface area contributed by atoms with E-state index < -0.39 is 57.7 Å². The molecule has 0 rings (SSSR count). The molecule has 3 atom stereocenters. The molecular weight excluding hydrogens is 781 g/mol. The Kier molecular flexibility index (Phi) is 38.3. The van der Waals surface area contributed by atoms with E-state index in [1.807, 2.05) is 48.6 Å². The summed E-state index contributed by atoms with van der Waals surface area (Å²) in [6, 6.07) is -1.54. The minimum atomic E-state index is -4.75. The maximum absolute atomic E-state index is 12.6. The van der Waals surface area contributed by atoms with Crippen LogP contribution in [0.3, 0.4) is 0 Å². The molecule has 0 amide bonds. The van der Waals surface area contributed by atoms with Crippen molar-refractivity contribution < 1.29 is 47.5 Å². The topological polar surface area (TPSA) is 172 Å². The molecule has 0 saturated heterocycles. The van der Waals surface area contributed by atoms with Crippen molar-refractivity contribution in [2.24, 2.45) is 5.73 Å². The van der Waals surface area contributed by atoms with Crippen molar-refractivity contribution >= 4 is 25.7 Å². The molecule has 0 radical (unpaired) electrons. The third kappa shape index (κ3) is 40.4. The van der Waals surface area contributed by atoms with Crippen molar-refractivity contribution in [1.29, 1.82) is 0 Å².